The molecular formula is C50H32. The Morgan fingerprint density at radius 1 is 0.300 bits per heavy atom. The fraction of sp³-hybridized carbons (Fsp3) is 0. The van der Waals surface area contributed by atoms with Crippen LogP contribution in [-0.4, -0.2) is 0 Å². The fourth-order valence-electron chi connectivity index (χ4n) is 7.14. The number of benzene rings is 10. The fourth-order valence-corrected chi connectivity index (χ4v) is 7.14. The molecule has 50 heavy (non-hydrogen) atoms. The number of hydrogen-bond acceptors (Lipinski definition) is 0. The Bertz CT molecular complexity index is 3650. The van der Waals surface area contributed by atoms with E-state index in [1.54, 1.807) is 54.6 Å². The molecule has 0 spiro atoms. The lowest BCUT2D eigenvalue weighted by molar-refractivity contribution is 1.64. The van der Waals surface area contributed by atoms with Crippen molar-refractivity contribution in [2.45, 2.75) is 0 Å². The predicted octanol–water partition coefficient (Wildman–Crippen LogP) is 14.1. The van der Waals surface area contributed by atoms with Crippen LogP contribution in [0.25, 0.3) is 98.4 Å². The Hall–Kier alpha value is -6.50. The summed E-state index contributed by atoms with van der Waals surface area (Å²) in [6, 6.07) is 28.2. The average Bonchev–Trinajstić information content (AvgIpc) is 3.30. The first kappa shape index (κ1) is 18.3. The van der Waals surface area contributed by atoms with Crippen molar-refractivity contribution in [3.8, 4) is 44.5 Å². The third kappa shape index (κ3) is 4.54. The first-order valence-corrected chi connectivity index (χ1v) is 16.3. The summed E-state index contributed by atoms with van der Waals surface area (Å²) in [6.45, 7) is 0. The second-order valence-corrected chi connectivity index (χ2v) is 12.2. The van der Waals surface area contributed by atoms with Gasteiger partial charge in [0.2, 0.25) is 0 Å². The first-order valence-electron chi connectivity index (χ1n) is 22.8. The summed E-state index contributed by atoms with van der Waals surface area (Å²) in [7, 11) is 0. The van der Waals surface area contributed by atoms with E-state index in [1.165, 1.54) is 0 Å². The second kappa shape index (κ2) is 11.6. The number of fused-ring (bicyclic) bond motifs is 5. The highest BCUT2D eigenvalue weighted by Gasteiger charge is 2.19. The summed E-state index contributed by atoms with van der Waals surface area (Å²) in [5.74, 6) is 0. The number of rotatable bonds is 4. The first-order chi connectivity index (χ1) is 30.2. The average molecular weight is 646 g/mol. The van der Waals surface area contributed by atoms with Gasteiger partial charge in [0.15, 0.2) is 0 Å². The molecule has 0 aliphatic rings. The van der Waals surface area contributed by atoms with Gasteiger partial charge in [0.25, 0.3) is 0 Å². The summed E-state index contributed by atoms with van der Waals surface area (Å²) in [5.41, 5.74) is 1.24. The molecule has 0 nitrogen and oxygen atoms in total. The molecule has 10 aromatic carbocycles. The molecule has 232 valence electrons. The highest BCUT2D eigenvalue weighted by Crippen LogP contribution is 2.47. The standard InChI is InChI=1S/C50H32/c1-2-15-35(16-3-1)49-45-20-8-9-21-46(45)50(44-26-10-18-34-14-6-7-19-39(34)44)48-32-38(29-30-47(48)49)41-23-12-24-42-40(22-11-25-43(41)42)37-28-27-33-13-4-5-17-36(33)31-37/h1-32H/i8D,9D,11D,12D,20D,21D,22D,23D,24D,25D,29D,30D,32D. The van der Waals surface area contributed by atoms with E-state index in [2.05, 4.69) is 0 Å². The van der Waals surface area contributed by atoms with Gasteiger partial charge in [-0.05, 0) is 110 Å². The maximum atomic E-state index is 10.3. The Balaban J connectivity index is 1.48. The van der Waals surface area contributed by atoms with Crippen LogP contribution in [0.15, 0.2) is 194 Å². The van der Waals surface area contributed by atoms with E-state index < -0.39 is 60.4 Å². The van der Waals surface area contributed by atoms with E-state index in [-0.39, 0.29) is 78.3 Å². The van der Waals surface area contributed by atoms with E-state index >= 15 is 0 Å². The largest absolute Gasteiger partial charge is 0.0636 e. The SMILES string of the molecule is [2H]c1c([2H])c(-c2c([2H])c([2H])c3c(-c4ccccc4)c4c([2H])c([2H])c([2H])c([2H])c4c(-c4cccc5ccccc45)c3c2[2H])c2c([2H])c([2H])c([2H])c(-c3ccc4ccccc4c3)c2c1[2H]. The Kier molecular flexibility index (Phi) is 4.24. The minimum absolute atomic E-state index is 0.0391. The van der Waals surface area contributed by atoms with Crippen LogP contribution in [0.4, 0.5) is 0 Å². The molecule has 0 amide bonds. The lowest BCUT2D eigenvalue weighted by Crippen LogP contribution is -1.93. The van der Waals surface area contributed by atoms with Gasteiger partial charge in [-0.25, -0.2) is 0 Å². The van der Waals surface area contributed by atoms with Gasteiger partial charge in [-0.1, -0.05) is 182 Å². The topological polar surface area (TPSA) is 0 Å². The normalized spacial score (nSPS) is 15.2. The minimum Gasteiger partial charge on any atom is -0.0622 e. The Morgan fingerprint density at radius 3 is 1.72 bits per heavy atom. The van der Waals surface area contributed by atoms with Crippen molar-refractivity contribution in [2.24, 2.45) is 0 Å². The summed E-state index contributed by atoms with van der Waals surface area (Å²) in [6.07, 6.45) is 0. The van der Waals surface area contributed by atoms with Gasteiger partial charge in [-0.3, -0.25) is 0 Å². The molecule has 0 saturated carbocycles. The molecule has 0 N–H and O–H groups in total. The van der Waals surface area contributed by atoms with E-state index in [0.717, 1.165) is 16.2 Å². The Morgan fingerprint density at radius 2 is 0.920 bits per heavy atom. The van der Waals surface area contributed by atoms with Crippen molar-refractivity contribution in [3.63, 3.8) is 0 Å². The van der Waals surface area contributed by atoms with Gasteiger partial charge in [0, 0.05) is 0 Å². The maximum Gasteiger partial charge on any atom is 0.0636 e. The molecule has 0 aliphatic carbocycles. The van der Waals surface area contributed by atoms with E-state index in [0.29, 0.717) is 22.1 Å². The lowest BCUT2D eigenvalue weighted by atomic mass is 9.83. The molecule has 0 saturated heterocycles. The monoisotopic (exact) mass is 645 g/mol. The van der Waals surface area contributed by atoms with Gasteiger partial charge in [0.05, 0.1) is 17.8 Å². The van der Waals surface area contributed by atoms with Crippen LogP contribution in [0.1, 0.15) is 17.8 Å². The smallest absolute Gasteiger partial charge is 0.0622 e. The lowest BCUT2D eigenvalue weighted by Gasteiger charge is -2.20. The molecule has 10 aromatic rings. The third-order valence-corrected chi connectivity index (χ3v) is 9.41. The molecule has 0 unspecified atom stereocenters. The molecule has 0 aliphatic heterocycles. The highest BCUT2D eigenvalue weighted by molar-refractivity contribution is 6.24. The summed E-state index contributed by atoms with van der Waals surface area (Å²) in [4.78, 5) is 0. The van der Waals surface area contributed by atoms with Crippen LogP contribution in [0.5, 0.6) is 0 Å². The van der Waals surface area contributed by atoms with Gasteiger partial charge in [-0.15, -0.1) is 0 Å². The van der Waals surface area contributed by atoms with Crippen LogP contribution in [0.3, 0.4) is 0 Å². The van der Waals surface area contributed by atoms with Crippen LogP contribution in [0, 0.1) is 0 Å². The van der Waals surface area contributed by atoms with E-state index in [4.69, 9.17) is 5.48 Å². The zero-order valence-electron chi connectivity index (χ0n) is 39.5. The molecule has 0 heterocycles. The summed E-state index contributed by atoms with van der Waals surface area (Å²) in [5, 5.41) is 3.16. The second-order valence-electron chi connectivity index (χ2n) is 12.2. The van der Waals surface area contributed by atoms with Crippen molar-refractivity contribution in [2.75, 3.05) is 0 Å². The number of hydrogen-bond donors (Lipinski definition) is 0. The highest BCUT2D eigenvalue weighted by atomic mass is 14.2. The molecule has 0 bridgehead atoms. The van der Waals surface area contributed by atoms with Crippen LogP contribution < -0.4 is 0 Å². The van der Waals surface area contributed by atoms with Crippen molar-refractivity contribution < 1.29 is 17.8 Å². The third-order valence-electron chi connectivity index (χ3n) is 9.41. The van der Waals surface area contributed by atoms with Gasteiger partial charge in [0.1, 0.15) is 0 Å². The zero-order chi connectivity index (χ0) is 44.3. The zero-order valence-corrected chi connectivity index (χ0v) is 26.5. The summed E-state index contributed by atoms with van der Waals surface area (Å²) >= 11 is 0. The van der Waals surface area contributed by atoms with Gasteiger partial charge in [-0.2, -0.15) is 0 Å². The molecular weight excluding hydrogens is 601 g/mol. The molecule has 0 aromatic heterocycles. The van der Waals surface area contributed by atoms with E-state index in [9.17, 15) is 12.3 Å². The maximum absolute atomic E-state index is 10.3. The van der Waals surface area contributed by atoms with Gasteiger partial charge < -0.3 is 0 Å². The van der Waals surface area contributed by atoms with Crippen LogP contribution >= 0.6 is 0 Å². The van der Waals surface area contributed by atoms with Crippen molar-refractivity contribution >= 4 is 53.9 Å². The molecule has 10 rings (SSSR count). The van der Waals surface area contributed by atoms with Crippen molar-refractivity contribution in [3.05, 3.63) is 194 Å². The molecule has 0 fully saturated rings. The molecule has 0 heteroatoms. The van der Waals surface area contributed by atoms with E-state index in [1.807, 2.05) is 60.7 Å². The minimum atomic E-state index is -0.610. The van der Waals surface area contributed by atoms with Crippen LogP contribution in [-0.2, 0) is 0 Å². The predicted molar refractivity (Wildman–Crippen MR) is 216 cm³/mol. The molecule has 0 atom stereocenters. The van der Waals surface area contributed by atoms with Crippen molar-refractivity contribution in [1.82, 2.24) is 0 Å². The summed E-state index contributed by atoms with van der Waals surface area (Å²) < 4.78 is 122. The van der Waals surface area contributed by atoms with Crippen molar-refractivity contribution in [1.29, 1.82) is 0 Å². The molecule has 0 radical (unpaired) electrons. The quantitative estimate of drug-likeness (QED) is 0.167. The Labute approximate surface area is 309 Å². The van der Waals surface area contributed by atoms with Gasteiger partial charge >= 0.3 is 0 Å². The van der Waals surface area contributed by atoms with Crippen LogP contribution in [0.2, 0.25) is 0 Å².